The van der Waals surface area contributed by atoms with Crippen molar-refractivity contribution < 1.29 is 31.5 Å². The van der Waals surface area contributed by atoms with Crippen LogP contribution >= 0.6 is 0 Å². The van der Waals surface area contributed by atoms with Gasteiger partial charge in [-0.15, -0.1) is 0 Å². The molecule has 0 bridgehead atoms. The third kappa shape index (κ3) is 4.40. The number of amides is 1. The van der Waals surface area contributed by atoms with Gasteiger partial charge in [0.25, 0.3) is 10.0 Å². The van der Waals surface area contributed by atoms with Gasteiger partial charge in [-0.3, -0.25) is 0 Å². The Morgan fingerprint density at radius 1 is 1.07 bits per heavy atom. The normalized spacial score (nSPS) is 12.0. The van der Waals surface area contributed by atoms with E-state index in [4.69, 9.17) is 5.11 Å². The average Bonchev–Trinajstić information content (AvgIpc) is 3.07. The minimum absolute atomic E-state index is 0.164. The molecule has 7 nitrogen and oxygen atoms in total. The second-order valence-electron chi connectivity index (χ2n) is 6.09. The summed E-state index contributed by atoms with van der Waals surface area (Å²) in [6, 6.07) is 12.3. The molecule has 3 aromatic rings. The molecule has 11 heteroatoms. The molecule has 1 heterocycles. The Bertz CT molecular complexity index is 1150. The Labute approximate surface area is 163 Å². The van der Waals surface area contributed by atoms with Crippen LogP contribution < -0.4 is 4.72 Å². The Morgan fingerprint density at radius 2 is 1.66 bits per heavy atom. The van der Waals surface area contributed by atoms with Crippen LogP contribution in [0.4, 0.5) is 18.0 Å². The highest BCUT2D eigenvalue weighted by Gasteiger charge is 2.35. The fourth-order valence-electron chi connectivity index (χ4n) is 2.59. The minimum Gasteiger partial charge on any atom is -0.464 e. The first-order chi connectivity index (χ1) is 13.5. The molecule has 0 spiro atoms. The van der Waals surface area contributed by atoms with Crippen molar-refractivity contribution in [3.63, 3.8) is 0 Å². The highest BCUT2D eigenvalue weighted by Crippen LogP contribution is 2.33. The van der Waals surface area contributed by atoms with Crippen LogP contribution in [0.5, 0.6) is 0 Å². The topological polar surface area (TPSA) is 101 Å². The summed E-state index contributed by atoms with van der Waals surface area (Å²) in [4.78, 5) is 10.2. The summed E-state index contributed by atoms with van der Waals surface area (Å²) < 4.78 is 65.8. The zero-order valence-electron chi connectivity index (χ0n) is 14.8. The van der Waals surface area contributed by atoms with Gasteiger partial charge in [0.1, 0.15) is 0 Å². The maximum Gasteiger partial charge on any atom is 0.435 e. The Hall–Kier alpha value is -3.34. The molecular weight excluding hydrogens is 411 g/mol. The summed E-state index contributed by atoms with van der Waals surface area (Å²) in [6.07, 6.45) is -6.42. The number of rotatable bonds is 4. The van der Waals surface area contributed by atoms with Crippen molar-refractivity contribution >= 4 is 16.1 Å². The van der Waals surface area contributed by atoms with Gasteiger partial charge >= 0.3 is 12.3 Å². The van der Waals surface area contributed by atoms with Gasteiger partial charge in [-0.1, -0.05) is 29.8 Å². The van der Waals surface area contributed by atoms with Crippen molar-refractivity contribution in [2.45, 2.75) is 18.0 Å². The minimum atomic E-state index is -4.67. The number of aryl methyl sites for hydroxylation is 1. The Kier molecular flexibility index (Phi) is 5.09. The van der Waals surface area contributed by atoms with Crippen molar-refractivity contribution in [1.29, 1.82) is 0 Å². The van der Waals surface area contributed by atoms with Gasteiger partial charge in [-0.2, -0.15) is 18.3 Å². The molecule has 1 aromatic heterocycles. The van der Waals surface area contributed by atoms with Gasteiger partial charge in [0.05, 0.1) is 16.3 Å². The van der Waals surface area contributed by atoms with Crippen LogP contribution in [0, 0.1) is 6.92 Å². The van der Waals surface area contributed by atoms with E-state index in [1.807, 2.05) is 6.92 Å². The SMILES string of the molecule is Cc1ccc(-c2cc(C(F)(F)F)nn2-c2ccc(S(=O)(=O)NC(=O)O)cc2)cc1. The van der Waals surface area contributed by atoms with Crippen LogP contribution in [-0.2, 0) is 16.2 Å². The molecule has 0 unspecified atom stereocenters. The predicted octanol–water partition coefficient (Wildman–Crippen LogP) is 3.82. The number of nitrogens with one attached hydrogen (secondary N) is 1. The number of carbonyl (C=O) groups is 1. The second-order valence-corrected chi connectivity index (χ2v) is 7.78. The molecule has 1 amide bonds. The summed E-state index contributed by atoms with van der Waals surface area (Å²) in [5.74, 6) is 0. The fourth-order valence-corrected chi connectivity index (χ4v) is 3.43. The highest BCUT2D eigenvalue weighted by atomic mass is 32.2. The van der Waals surface area contributed by atoms with E-state index in [0.717, 1.165) is 28.4 Å². The Balaban J connectivity index is 2.09. The number of alkyl halides is 3. The first-order valence-electron chi connectivity index (χ1n) is 8.08. The van der Waals surface area contributed by atoms with Gasteiger partial charge in [0.2, 0.25) is 0 Å². The number of hydrogen-bond donors (Lipinski definition) is 2. The molecule has 152 valence electrons. The monoisotopic (exact) mass is 425 g/mol. The lowest BCUT2D eigenvalue weighted by molar-refractivity contribution is -0.141. The van der Waals surface area contributed by atoms with E-state index in [2.05, 4.69) is 5.10 Å². The fraction of sp³-hybridized carbons (Fsp3) is 0.111. The zero-order valence-corrected chi connectivity index (χ0v) is 15.6. The maximum absolute atomic E-state index is 13.2. The molecule has 2 aromatic carbocycles. The van der Waals surface area contributed by atoms with Crippen LogP contribution in [0.25, 0.3) is 16.9 Å². The smallest absolute Gasteiger partial charge is 0.435 e. The molecule has 0 aliphatic rings. The van der Waals surface area contributed by atoms with Crippen LogP contribution in [0.2, 0.25) is 0 Å². The third-order valence-electron chi connectivity index (χ3n) is 3.96. The van der Waals surface area contributed by atoms with E-state index in [1.165, 1.54) is 16.9 Å². The molecular formula is C18H14F3N3O4S. The lowest BCUT2D eigenvalue weighted by Crippen LogP contribution is -2.28. The van der Waals surface area contributed by atoms with E-state index in [-0.39, 0.29) is 16.3 Å². The molecule has 0 fully saturated rings. The predicted molar refractivity (Wildman–Crippen MR) is 97.1 cm³/mol. The number of nitrogens with zero attached hydrogens (tertiary/aromatic N) is 2. The van der Waals surface area contributed by atoms with E-state index in [0.29, 0.717) is 5.56 Å². The van der Waals surface area contributed by atoms with Crippen molar-refractivity contribution in [2.24, 2.45) is 0 Å². The average molecular weight is 425 g/mol. The molecule has 0 aliphatic heterocycles. The zero-order chi connectivity index (χ0) is 21.4. The number of hydrogen-bond acceptors (Lipinski definition) is 4. The van der Waals surface area contributed by atoms with Crippen LogP contribution in [0.15, 0.2) is 59.5 Å². The molecule has 0 aliphatic carbocycles. The van der Waals surface area contributed by atoms with Crippen molar-refractivity contribution in [1.82, 2.24) is 14.5 Å². The third-order valence-corrected chi connectivity index (χ3v) is 5.30. The molecule has 29 heavy (non-hydrogen) atoms. The lowest BCUT2D eigenvalue weighted by Gasteiger charge is -2.09. The largest absolute Gasteiger partial charge is 0.464 e. The molecule has 2 N–H and O–H groups in total. The lowest BCUT2D eigenvalue weighted by atomic mass is 10.1. The van der Waals surface area contributed by atoms with Crippen molar-refractivity contribution in [2.75, 3.05) is 0 Å². The van der Waals surface area contributed by atoms with E-state index in [9.17, 15) is 26.4 Å². The Morgan fingerprint density at radius 3 is 2.17 bits per heavy atom. The first kappa shape index (κ1) is 20.4. The van der Waals surface area contributed by atoms with E-state index >= 15 is 0 Å². The summed E-state index contributed by atoms with van der Waals surface area (Å²) in [7, 11) is -4.30. The van der Waals surface area contributed by atoms with Gasteiger partial charge in [-0.25, -0.2) is 22.6 Å². The highest BCUT2D eigenvalue weighted by molar-refractivity contribution is 7.90. The maximum atomic E-state index is 13.2. The number of aromatic nitrogens is 2. The summed E-state index contributed by atoms with van der Waals surface area (Å²) in [5, 5.41) is 12.2. The summed E-state index contributed by atoms with van der Waals surface area (Å²) in [6.45, 7) is 1.84. The van der Waals surface area contributed by atoms with E-state index < -0.39 is 28.0 Å². The molecule has 0 radical (unpaired) electrons. The van der Waals surface area contributed by atoms with Crippen LogP contribution in [-0.4, -0.2) is 29.4 Å². The van der Waals surface area contributed by atoms with Crippen LogP contribution in [0.1, 0.15) is 11.3 Å². The molecule has 0 atom stereocenters. The quantitative estimate of drug-likeness (QED) is 0.662. The number of benzene rings is 2. The number of sulfonamides is 1. The van der Waals surface area contributed by atoms with Crippen molar-refractivity contribution in [3.05, 3.63) is 65.9 Å². The summed E-state index contributed by atoms with van der Waals surface area (Å²) >= 11 is 0. The van der Waals surface area contributed by atoms with Crippen LogP contribution in [0.3, 0.4) is 0 Å². The van der Waals surface area contributed by atoms with E-state index in [1.54, 1.807) is 24.3 Å². The standard InChI is InChI=1S/C18H14F3N3O4S/c1-11-2-4-12(5-3-11)15-10-16(18(19,20)21)22-24(15)13-6-8-14(9-7-13)29(27,28)23-17(25)26/h2-10,23H,1H3,(H,25,26). The second kappa shape index (κ2) is 7.24. The molecule has 3 rings (SSSR count). The number of carboxylic acid groups (broad SMARTS) is 1. The summed E-state index contributed by atoms with van der Waals surface area (Å²) in [5.41, 5.74) is 0.651. The van der Waals surface area contributed by atoms with Gasteiger partial charge < -0.3 is 5.11 Å². The molecule has 0 saturated carbocycles. The van der Waals surface area contributed by atoms with Gasteiger partial charge in [0, 0.05) is 5.56 Å². The first-order valence-corrected chi connectivity index (χ1v) is 9.56. The van der Waals surface area contributed by atoms with Crippen molar-refractivity contribution in [3.8, 4) is 16.9 Å². The van der Waals surface area contributed by atoms with Gasteiger partial charge in [-0.05, 0) is 37.3 Å². The molecule has 0 saturated heterocycles. The number of halogens is 3. The van der Waals surface area contributed by atoms with Gasteiger partial charge in [0.15, 0.2) is 5.69 Å².